The second kappa shape index (κ2) is 6.42. The van der Waals surface area contributed by atoms with E-state index in [9.17, 15) is 4.79 Å². The number of hydrogen-bond donors (Lipinski definition) is 3. The molecule has 7 heteroatoms. The Hall–Kier alpha value is -1.02. The van der Waals surface area contributed by atoms with Crippen LogP contribution in [0.2, 0.25) is 5.02 Å². The van der Waals surface area contributed by atoms with Crippen LogP contribution in [0.3, 0.4) is 0 Å². The predicted molar refractivity (Wildman–Crippen MR) is 83.7 cm³/mol. The van der Waals surface area contributed by atoms with Crippen molar-refractivity contribution in [1.29, 1.82) is 0 Å². The predicted octanol–water partition coefficient (Wildman–Crippen LogP) is 2.45. The highest BCUT2D eigenvalue weighted by molar-refractivity contribution is 14.1. The molecule has 0 spiro atoms. The SMILES string of the molecule is CC(C)(CNC(=O)c1cc(Cl)ccc1I)/C(N)=N/O. The van der Waals surface area contributed by atoms with E-state index in [1.807, 2.05) is 0 Å². The highest BCUT2D eigenvalue weighted by Crippen LogP contribution is 2.19. The maximum atomic E-state index is 12.1. The molecule has 0 aliphatic rings. The standard InChI is InChI=1S/C12H15ClIN3O2/c1-12(2,11(15)17-19)6-16-10(18)8-5-7(13)3-4-9(8)14/h3-5,19H,6H2,1-2H3,(H2,15,17)(H,16,18). The van der Waals surface area contributed by atoms with Gasteiger partial charge in [0.1, 0.15) is 5.84 Å². The average molecular weight is 396 g/mol. The number of amidine groups is 1. The zero-order valence-electron chi connectivity index (χ0n) is 10.6. The van der Waals surface area contributed by atoms with E-state index < -0.39 is 5.41 Å². The molecule has 0 saturated carbocycles. The van der Waals surface area contributed by atoms with Crippen LogP contribution < -0.4 is 11.1 Å². The third-order valence-corrected chi connectivity index (χ3v) is 3.84. The smallest absolute Gasteiger partial charge is 0.252 e. The van der Waals surface area contributed by atoms with Crippen LogP contribution in [0.1, 0.15) is 24.2 Å². The molecule has 104 valence electrons. The van der Waals surface area contributed by atoms with Gasteiger partial charge in [-0.1, -0.05) is 30.6 Å². The number of amides is 1. The highest BCUT2D eigenvalue weighted by atomic mass is 127. The lowest BCUT2D eigenvalue weighted by Crippen LogP contribution is -2.42. The van der Waals surface area contributed by atoms with Crippen molar-refractivity contribution in [2.45, 2.75) is 13.8 Å². The van der Waals surface area contributed by atoms with Gasteiger partial charge in [-0.3, -0.25) is 4.79 Å². The lowest BCUT2D eigenvalue weighted by atomic mass is 9.92. The number of nitrogens with one attached hydrogen (secondary N) is 1. The fourth-order valence-electron chi connectivity index (χ4n) is 1.29. The molecule has 0 atom stereocenters. The zero-order valence-corrected chi connectivity index (χ0v) is 13.5. The van der Waals surface area contributed by atoms with E-state index in [0.29, 0.717) is 10.6 Å². The van der Waals surface area contributed by atoms with Gasteiger partial charge in [-0.15, -0.1) is 0 Å². The second-order valence-electron chi connectivity index (χ2n) is 4.68. The van der Waals surface area contributed by atoms with Crippen LogP contribution in [0.25, 0.3) is 0 Å². The Kier molecular flexibility index (Phi) is 5.42. The molecule has 0 bridgehead atoms. The molecule has 1 aromatic rings. The number of carbonyl (C=O) groups is 1. The van der Waals surface area contributed by atoms with Crippen LogP contribution >= 0.6 is 34.2 Å². The second-order valence-corrected chi connectivity index (χ2v) is 6.27. The first-order valence-electron chi connectivity index (χ1n) is 5.49. The topological polar surface area (TPSA) is 87.7 Å². The van der Waals surface area contributed by atoms with Crippen molar-refractivity contribution in [1.82, 2.24) is 5.32 Å². The van der Waals surface area contributed by atoms with Crippen LogP contribution in [0.15, 0.2) is 23.4 Å². The van der Waals surface area contributed by atoms with Crippen molar-refractivity contribution >= 4 is 45.9 Å². The molecule has 1 amide bonds. The van der Waals surface area contributed by atoms with E-state index in [1.165, 1.54) is 0 Å². The first kappa shape index (κ1) is 16.0. The molecule has 0 aliphatic carbocycles. The number of halogens is 2. The molecule has 0 aliphatic heterocycles. The first-order valence-corrected chi connectivity index (χ1v) is 6.95. The summed E-state index contributed by atoms with van der Waals surface area (Å²) in [4.78, 5) is 12.1. The van der Waals surface area contributed by atoms with Gasteiger partial charge in [0, 0.05) is 20.6 Å². The quantitative estimate of drug-likeness (QED) is 0.241. The largest absolute Gasteiger partial charge is 0.409 e. The maximum Gasteiger partial charge on any atom is 0.252 e. The number of oxime groups is 1. The van der Waals surface area contributed by atoms with Crippen molar-refractivity contribution in [2.75, 3.05) is 6.54 Å². The van der Waals surface area contributed by atoms with Gasteiger partial charge >= 0.3 is 0 Å². The molecule has 1 rings (SSSR count). The molecule has 5 nitrogen and oxygen atoms in total. The lowest BCUT2D eigenvalue weighted by Gasteiger charge is -2.23. The van der Waals surface area contributed by atoms with Crippen LogP contribution in [0, 0.1) is 8.99 Å². The number of hydrogen-bond acceptors (Lipinski definition) is 3. The molecule has 19 heavy (non-hydrogen) atoms. The van der Waals surface area contributed by atoms with Gasteiger partial charge in [0.25, 0.3) is 5.91 Å². The summed E-state index contributed by atoms with van der Waals surface area (Å²) in [6, 6.07) is 5.10. The van der Waals surface area contributed by atoms with Gasteiger partial charge < -0.3 is 16.3 Å². The molecule has 0 unspecified atom stereocenters. The third kappa shape index (κ3) is 4.24. The van der Waals surface area contributed by atoms with Gasteiger partial charge in [0.05, 0.1) is 5.56 Å². The summed E-state index contributed by atoms with van der Waals surface area (Å²) in [5.74, 6) is -0.181. The molecule has 0 fully saturated rings. The maximum absolute atomic E-state index is 12.1. The summed E-state index contributed by atoms with van der Waals surface area (Å²) < 4.78 is 0.807. The van der Waals surface area contributed by atoms with E-state index in [4.69, 9.17) is 22.5 Å². The molecule has 0 saturated heterocycles. The van der Waals surface area contributed by atoms with Gasteiger partial charge in [-0.2, -0.15) is 0 Å². The average Bonchev–Trinajstić information content (AvgIpc) is 2.37. The Morgan fingerprint density at radius 3 is 2.79 bits per heavy atom. The molecule has 0 heterocycles. The van der Waals surface area contributed by atoms with E-state index in [1.54, 1.807) is 32.0 Å². The van der Waals surface area contributed by atoms with E-state index in [0.717, 1.165) is 3.57 Å². The summed E-state index contributed by atoms with van der Waals surface area (Å²) in [7, 11) is 0. The normalized spacial score (nSPS) is 12.3. The van der Waals surface area contributed by atoms with Crippen molar-refractivity contribution < 1.29 is 10.0 Å². The summed E-state index contributed by atoms with van der Waals surface area (Å²) in [6.07, 6.45) is 0. The Balaban J connectivity index is 2.79. The summed E-state index contributed by atoms with van der Waals surface area (Å²) >= 11 is 7.93. The Labute approximate surface area is 130 Å². The molecule has 0 radical (unpaired) electrons. The minimum Gasteiger partial charge on any atom is -0.409 e. The lowest BCUT2D eigenvalue weighted by molar-refractivity contribution is 0.0943. The van der Waals surface area contributed by atoms with Crippen molar-refractivity contribution in [3.8, 4) is 0 Å². The number of rotatable bonds is 4. The molecular weight excluding hydrogens is 381 g/mol. The fourth-order valence-corrected chi connectivity index (χ4v) is 2.05. The van der Waals surface area contributed by atoms with E-state index in [2.05, 4.69) is 33.1 Å². The monoisotopic (exact) mass is 395 g/mol. The van der Waals surface area contributed by atoms with Crippen molar-refractivity contribution in [2.24, 2.45) is 16.3 Å². The summed E-state index contributed by atoms with van der Waals surface area (Å²) in [6.45, 7) is 3.79. The molecule has 0 aromatic heterocycles. The van der Waals surface area contributed by atoms with Crippen molar-refractivity contribution in [3.05, 3.63) is 32.4 Å². The van der Waals surface area contributed by atoms with Crippen LogP contribution in [0.4, 0.5) is 0 Å². The van der Waals surface area contributed by atoms with Gasteiger partial charge in [0.2, 0.25) is 0 Å². The Morgan fingerprint density at radius 1 is 1.58 bits per heavy atom. The van der Waals surface area contributed by atoms with E-state index in [-0.39, 0.29) is 18.3 Å². The number of nitrogens with zero attached hydrogens (tertiary/aromatic N) is 1. The minimum atomic E-state index is -0.631. The van der Waals surface area contributed by atoms with Gasteiger partial charge in [-0.25, -0.2) is 0 Å². The van der Waals surface area contributed by atoms with Gasteiger partial charge in [0.15, 0.2) is 0 Å². The van der Waals surface area contributed by atoms with Crippen molar-refractivity contribution in [3.63, 3.8) is 0 Å². The van der Waals surface area contributed by atoms with Gasteiger partial charge in [-0.05, 0) is 40.8 Å². The first-order chi connectivity index (χ1) is 8.77. The number of carbonyl (C=O) groups excluding carboxylic acids is 1. The van der Waals surface area contributed by atoms with E-state index >= 15 is 0 Å². The number of benzene rings is 1. The highest BCUT2D eigenvalue weighted by Gasteiger charge is 2.25. The molecular formula is C12H15ClIN3O2. The van der Waals surface area contributed by atoms with Crippen LogP contribution in [-0.4, -0.2) is 23.5 Å². The molecule has 1 aromatic carbocycles. The third-order valence-electron chi connectivity index (χ3n) is 2.67. The zero-order chi connectivity index (χ0) is 14.6. The summed E-state index contributed by atoms with van der Waals surface area (Å²) in [5.41, 5.74) is 5.43. The number of nitrogens with two attached hydrogens (primary N) is 1. The van der Waals surface area contributed by atoms with Crippen LogP contribution in [-0.2, 0) is 0 Å². The molecule has 4 N–H and O–H groups in total. The van der Waals surface area contributed by atoms with Crippen LogP contribution in [0.5, 0.6) is 0 Å². The Morgan fingerprint density at radius 2 is 2.21 bits per heavy atom. The fraction of sp³-hybridized carbons (Fsp3) is 0.333. The Bertz CT molecular complexity index is 518. The summed E-state index contributed by atoms with van der Waals surface area (Å²) in [5, 5.41) is 14.9. The minimum absolute atomic E-state index is 0.0635.